The molecule has 0 saturated heterocycles. The van der Waals surface area contributed by atoms with E-state index in [1.807, 2.05) is 42.5 Å². The molecular weight excluding hydrogens is 394 g/mol. The molecule has 0 fully saturated rings. The first-order valence-corrected chi connectivity index (χ1v) is 9.94. The Kier molecular flexibility index (Phi) is 6.02. The lowest BCUT2D eigenvalue weighted by atomic mass is 9.99. The normalized spacial score (nSPS) is 11.0. The Balaban J connectivity index is 1.66. The summed E-state index contributed by atoms with van der Waals surface area (Å²) in [5.41, 5.74) is 11.7. The fourth-order valence-corrected chi connectivity index (χ4v) is 3.64. The number of carbonyl (C=O) groups is 1. The van der Waals surface area contributed by atoms with Crippen molar-refractivity contribution in [3.05, 3.63) is 89.2 Å². The van der Waals surface area contributed by atoms with E-state index in [9.17, 15) is 15.0 Å². The lowest BCUT2D eigenvalue weighted by Gasteiger charge is -2.13. The Morgan fingerprint density at radius 1 is 1.00 bits per heavy atom. The van der Waals surface area contributed by atoms with Gasteiger partial charge in [0.05, 0.1) is 19.3 Å². The molecule has 6 heteroatoms. The van der Waals surface area contributed by atoms with Crippen LogP contribution in [0.4, 0.5) is 0 Å². The van der Waals surface area contributed by atoms with Crippen LogP contribution in [0.5, 0.6) is 5.75 Å². The quantitative estimate of drug-likeness (QED) is 0.396. The van der Waals surface area contributed by atoms with E-state index in [2.05, 4.69) is 0 Å². The van der Waals surface area contributed by atoms with Crippen LogP contribution in [0.1, 0.15) is 22.3 Å². The molecule has 0 aliphatic rings. The SMILES string of the molecule is NCc1cccc(-c2cc(COc3ccc(CO)cc3CC(=O)O)cc3ccoc23)c1. The third-order valence-corrected chi connectivity index (χ3v) is 5.13. The van der Waals surface area contributed by atoms with Crippen molar-refractivity contribution in [2.24, 2.45) is 5.73 Å². The van der Waals surface area contributed by atoms with Gasteiger partial charge in [-0.15, -0.1) is 0 Å². The van der Waals surface area contributed by atoms with Crippen LogP contribution < -0.4 is 10.5 Å². The fraction of sp³-hybridized carbons (Fsp3) is 0.160. The predicted molar refractivity (Wildman–Crippen MR) is 118 cm³/mol. The van der Waals surface area contributed by atoms with E-state index >= 15 is 0 Å². The molecule has 0 spiro atoms. The Morgan fingerprint density at radius 3 is 2.65 bits per heavy atom. The molecule has 0 amide bonds. The van der Waals surface area contributed by atoms with Crippen molar-refractivity contribution in [2.75, 3.05) is 0 Å². The Morgan fingerprint density at radius 2 is 1.87 bits per heavy atom. The Bertz CT molecular complexity index is 1230. The van der Waals surface area contributed by atoms with Gasteiger partial charge in [-0.1, -0.05) is 24.3 Å². The molecule has 0 aliphatic carbocycles. The number of nitrogens with two attached hydrogens (primary N) is 1. The number of carboxylic acids is 1. The molecule has 4 N–H and O–H groups in total. The molecule has 3 aromatic carbocycles. The van der Waals surface area contributed by atoms with Crippen molar-refractivity contribution in [2.45, 2.75) is 26.2 Å². The first-order chi connectivity index (χ1) is 15.1. The summed E-state index contributed by atoms with van der Waals surface area (Å²) in [6, 6.07) is 19.0. The molecule has 1 aromatic heterocycles. The number of ether oxygens (including phenoxy) is 1. The van der Waals surface area contributed by atoms with Gasteiger partial charge >= 0.3 is 5.97 Å². The van der Waals surface area contributed by atoms with Gasteiger partial charge in [-0.25, -0.2) is 0 Å². The molecule has 4 rings (SSSR count). The molecule has 0 bridgehead atoms. The first kappa shape index (κ1) is 20.7. The summed E-state index contributed by atoms with van der Waals surface area (Å²) in [5, 5.41) is 19.5. The van der Waals surface area contributed by atoms with Crippen LogP contribution in [-0.4, -0.2) is 16.2 Å². The number of furan rings is 1. The molecule has 0 unspecified atom stereocenters. The van der Waals surface area contributed by atoms with Crippen molar-refractivity contribution in [1.29, 1.82) is 0 Å². The number of aliphatic hydroxyl groups is 1. The molecule has 0 radical (unpaired) electrons. The number of carboxylic acid groups (broad SMARTS) is 1. The smallest absolute Gasteiger partial charge is 0.307 e. The molecule has 0 saturated carbocycles. The van der Waals surface area contributed by atoms with Crippen molar-refractivity contribution in [3.63, 3.8) is 0 Å². The molecule has 1 heterocycles. The summed E-state index contributed by atoms with van der Waals surface area (Å²) in [4.78, 5) is 11.2. The standard InChI is InChI=1S/C25H23NO5/c26-13-16-2-1-3-19(8-16)22-11-18(10-20-6-7-30-25(20)22)15-31-23-5-4-17(14-27)9-21(23)12-24(28)29/h1-11,27H,12-15,26H2,(H,28,29). The third-order valence-electron chi connectivity index (χ3n) is 5.13. The van der Waals surface area contributed by atoms with Crippen molar-refractivity contribution in [3.8, 4) is 16.9 Å². The lowest BCUT2D eigenvalue weighted by Crippen LogP contribution is -2.05. The number of benzene rings is 3. The molecular formula is C25H23NO5. The average Bonchev–Trinajstić information content (AvgIpc) is 3.26. The summed E-state index contributed by atoms with van der Waals surface area (Å²) in [6.45, 7) is 0.555. The van der Waals surface area contributed by atoms with Gasteiger partial charge in [-0.2, -0.15) is 0 Å². The van der Waals surface area contributed by atoms with Crippen molar-refractivity contribution >= 4 is 16.9 Å². The van der Waals surface area contributed by atoms with Gasteiger partial charge < -0.3 is 25.1 Å². The highest BCUT2D eigenvalue weighted by atomic mass is 16.5. The van der Waals surface area contributed by atoms with Crippen molar-refractivity contribution < 1.29 is 24.2 Å². The Labute approximate surface area is 179 Å². The summed E-state index contributed by atoms with van der Waals surface area (Å²) < 4.78 is 11.7. The number of aliphatic hydroxyl groups excluding tert-OH is 1. The highest BCUT2D eigenvalue weighted by molar-refractivity contribution is 5.93. The zero-order valence-corrected chi connectivity index (χ0v) is 16.9. The van der Waals surface area contributed by atoms with Crippen LogP contribution in [0.15, 0.2) is 71.3 Å². The second kappa shape index (κ2) is 9.04. The zero-order valence-electron chi connectivity index (χ0n) is 16.9. The first-order valence-electron chi connectivity index (χ1n) is 9.94. The van der Waals surface area contributed by atoms with E-state index in [4.69, 9.17) is 14.9 Å². The van der Waals surface area contributed by atoms with Crippen LogP contribution in [-0.2, 0) is 31.0 Å². The van der Waals surface area contributed by atoms with Crippen LogP contribution in [0, 0.1) is 0 Å². The van der Waals surface area contributed by atoms with Crippen LogP contribution >= 0.6 is 0 Å². The van der Waals surface area contributed by atoms with E-state index in [0.29, 0.717) is 23.4 Å². The largest absolute Gasteiger partial charge is 0.489 e. The topological polar surface area (TPSA) is 106 Å². The van der Waals surface area contributed by atoms with Gasteiger partial charge in [0.15, 0.2) is 0 Å². The third kappa shape index (κ3) is 4.60. The molecule has 31 heavy (non-hydrogen) atoms. The fourth-order valence-electron chi connectivity index (χ4n) is 3.64. The highest BCUT2D eigenvalue weighted by Gasteiger charge is 2.13. The summed E-state index contributed by atoms with van der Waals surface area (Å²) in [7, 11) is 0. The number of fused-ring (bicyclic) bond motifs is 1. The maximum absolute atomic E-state index is 11.2. The summed E-state index contributed by atoms with van der Waals surface area (Å²) in [6.07, 6.45) is 1.48. The second-order valence-electron chi connectivity index (χ2n) is 7.35. The lowest BCUT2D eigenvalue weighted by molar-refractivity contribution is -0.136. The molecule has 4 aromatic rings. The minimum absolute atomic E-state index is 0.157. The van der Waals surface area contributed by atoms with E-state index < -0.39 is 5.97 Å². The highest BCUT2D eigenvalue weighted by Crippen LogP contribution is 2.32. The van der Waals surface area contributed by atoms with Gasteiger partial charge in [0.25, 0.3) is 0 Å². The zero-order chi connectivity index (χ0) is 21.8. The molecule has 0 atom stereocenters. The van der Waals surface area contributed by atoms with Gasteiger partial charge in [0, 0.05) is 23.1 Å². The van der Waals surface area contributed by atoms with Gasteiger partial charge in [0.2, 0.25) is 0 Å². The second-order valence-corrected chi connectivity index (χ2v) is 7.35. The summed E-state index contributed by atoms with van der Waals surface area (Å²) in [5.74, 6) is -0.472. The monoisotopic (exact) mass is 417 g/mol. The van der Waals surface area contributed by atoms with Crippen LogP contribution in [0.3, 0.4) is 0 Å². The number of hydrogen-bond acceptors (Lipinski definition) is 5. The average molecular weight is 417 g/mol. The van der Waals surface area contributed by atoms with E-state index in [-0.39, 0.29) is 19.6 Å². The van der Waals surface area contributed by atoms with E-state index in [1.54, 1.807) is 24.5 Å². The Hall–Kier alpha value is -3.61. The number of rotatable bonds is 8. The van der Waals surface area contributed by atoms with E-state index in [0.717, 1.165) is 33.2 Å². The van der Waals surface area contributed by atoms with Gasteiger partial charge in [-0.05, 0) is 58.7 Å². The van der Waals surface area contributed by atoms with Gasteiger partial charge in [-0.3, -0.25) is 4.79 Å². The molecule has 0 aliphatic heterocycles. The maximum Gasteiger partial charge on any atom is 0.307 e. The number of aliphatic carboxylic acids is 1. The van der Waals surface area contributed by atoms with Crippen LogP contribution in [0.25, 0.3) is 22.1 Å². The maximum atomic E-state index is 11.2. The van der Waals surface area contributed by atoms with Crippen molar-refractivity contribution in [1.82, 2.24) is 0 Å². The van der Waals surface area contributed by atoms with E-state index in [1.165, 1.54) is 0 Å². The molecule has 6 nitrogen and oxygen atoms in total. The van der Waals surface area contributed by atoms with Gasteiger partial charge in [0.1, 0.15) is 17.9 Å². The predicted octanol–water partition coefficient (Wildman–Crippen LogP) is 4.26. The summed E-state index contributed by atoms with van der Waals surface area (Å²) >= 11 is 0. The minimum Gasteiger partial charge on any atom is -0.489 e. The number of hydrogen-bond donors (Lipinski definition) is 3. The minimum atomic E-state index is -0.957. The van der Waals surface area contributed by atoms with Crippen LogP contribution in [0.2, 0.25) is 0 Å². The molecule has 158 valence electrons.